The molecule has 1 aromatic rings. The van der Waals surface area contributed by atoms with E-state index < -0.39 is 16.4 Å². The molecule has 0 spiro atoms. The first-order chi connectivity index (χ1) is 10.3. The first kappa shape index (κ1) is 16.9. The third-order valence-corrected chi connectivity index (χ3v) is 4.85. The highest BCUT2D eigenvalue weighted by molar-refractivity contribution is 7.85. The Bertz CT molecular complexity index is 569. The lowest BCUT2D eigenvalue weighted by molar-refractivity contribution is 0.0241. The topological polar surface area (TPSA) is 59.5 Å². The van der Waals surface area contributed by atoms with Gasteiger partial charge >= 0.3 is 6.09 Å². The number of ether oxygens (including phenoxy) is 1. The van der Waals surface area contributed by atoms with Crippen molar-refractivity contribution in [2.45, 2.75) is 57.2 Å². The summed E-state index contributed by atoms with van der Waals surface area (Å²) in [6.07, 6.45) is 3.13. The van der Waals surface area contributed by atoms with Crippen LogP contribution in [0.3, 0.4) is 0 Å². The van der Waals surface area contributed by atoms with Gasteiger partial charge in [-0.2, -0.15) is 0 Å². The third kappa shape index (κ3) is 4.53. The summed E-state index contributed by atoms with van der Waals surface area (Å²) < 4.78 is 17.9. The van der Waals surface area contributed by atoms with Crippen LogP contribution in [0.5, 0.6) is 0 Å². The molecule has 1 aliphatic heterocycles. The number of hydrogen-bond acceptors (Lipinski definition) is 4. The molecule has 22 heavy (non-hydrogen) atoms. The lowest BCUT2D eigenvalue weighted by Crippen LogP contribution is -2.42. The van der Waals surface area contributed by atoms with Crippen LogP contribution in [-0.4, -0.2) is 44.1 Å². The highest BCUT2D eigenvalue weighted by atomic mass is 32.2. The van der Waals surface area contributed by atoms with E-state index in [1.807, 2.05) is 39.8 Å². The van der Waals surface area contributed by atoms with Gasteiger partial charge in [-0.05, 0) is 58.2 Å². The summed E-state index contributed by atoms with van der Waals surface area (Å²) in [6.45, 7) is 8.17. The molecule has 1 fully saturated rings. The lowest BCUT2D eigenvalue weighted by atomic mass is 10.2. The summed E-state index contributed by atoms with van der Waals surface area (Å²) in [5.74, 6) is 0.412. The monoisotopic (exact) mass is 324 g/mol. The van der Waals surface area contributed by atoms with Gasteiger partial charge < -0.3 is 9.64 Å². The molecule has 0 aliphatic carbocycles. The van der Waals surface area contributed by atoms with Gasteiger partial charge in [-0.25, -0.2) is 9.78 Å². The summed E-state index contributed by atoms with van der Waals surface area (Å²) in [4.78, 5) is 18.1. The van der Waals surface area contributed by atoms with Crippen LogP contribution in [0.1, 0.15) is 39.2 Å². The Labute approximate surface area is 134 Å². The van der Waals surface area contributed by atoms with Crippen LogP contribution in [0.4, 0.5) is 4.79 Å². The SMILES string of the molecule is Cc1ccnc(S(=O)CC2CCCN2C(=O)OC(C)(C)C)c1. The fraction of sp³-hybridized carbons (Fsp3) is 0.625. The van der Waals surface area contributed by atoms with Crippen molar-refractivity contribution in [3.63, 3.8) is 0 Å². The Morgan fingerprint density at radius 1 is 1.50 bits per heavy atom. The predicted molar refractivity (Wildman–Crippen MR) is 86.2 cm³/mol. The molecule has 122 valence electrons. The second-order valence-corrected chi connectivity index (χ2v) is 8.10. The molecule has 5 nitrogen and oxygen atoms in total. The number of hydrogen-bond donors (Lipinski definition) is 0. The molecular weight excluding hydrogens is 300 g/mol. The van der Waals surface area contributed by atoms with Gasteiger partial charge in [-0.15, -0.1) is 0 Å². The van der Waals surface area contributed by atoms with E-state index in [0.29, 0.717) is 17.3 Å². The van der Waals surface area contributed by atoms with Crippen molar-refractivity contribution in [3.8, 4) is 0 Å². The van der Waals surface area contributed by atoms with Crippen molar-refractivity contribution in [2.75, 3.05) is 12.3 Å². The zero-order valence-electron chi connectivity index (χ0n) is 13.7. The molecule has 2 heterocycles. The van der Waals surface area contributed by atoms with Crippen molar-refractivity contribution in [3.05, 3.63) is 23.9 Å². The summed E-state index contributed by atoms with van der Waals surface area (Å²) in [6, 6.07) is 3.67. The van der Waals surface area contributed by atoms with Gasteiger partial charge in [-0.3, -0.25) is 4.21 Å². The molecule has 6 heteroatoms. The Kier molecular flexibility index (Phi) is 5.21. The molecule has 2 unspecified atom stereocenters. The smallest absolute Gasteiger partial charge is 0.410 e. The van der Waals surface area contributed by atoms with Gasteiger partial charge in [0.15, 0.2) is 0 Å². The molecule has 0 bridgehead atoms. The maximum atomic E-state index is 12.5. The predicted octanol–water partition coefficient (Wildman–Crippen LogP) is 2.90. The number of amides is 1. The van der Waals surface area contributed by atoms with Crippen molar-refractivity contribution < 1.29 is 13.7 Å². The molecular formula is C16H24N2O3S. The van der Waals surface area contributed by atoms with Crippen LogP contribution >= 0.6 is 0 Å². The van der Waals surface area contributed by atoms with Crippen molar-refractivity contribution in [1.82, 2.24) is 9.88 Å². The lowest BCUT2D eigenvalue weighted by Gasteiger charge is -2.28. The van der Waals surface area contributed by atoms with Crippen LogP contribution < -0.4 is 0 Å². The van der Waals surface area contributed by atoms with Gasteiger partial charge in [0.1, 0.15) is 10.6 Å². The van der Waals surface area contributed by atoms with Gasteiger partial charge in [0.2, 0.25) is 0 Å². The van der Waals surface area contributed by atoms with Crippen LogP contribution in [0, 0.1) is 6.92 Å². The van der Waals surface area contributed by atoms with Crippen LogP contribution in [-0.2, 0) is 15.5 Å². The van der Waals surface area contributed by atoms with Crippen LogP contribution in [0.15, 0.2) is 23.4 Å². The largest absolute Gasteiger partial charge is 0.444 e. The Morgan fingerprint density at radius 3 is 2.86 bits per heavy atom. The number of carbonyl (C=O) groups is 1. The third-order valence-electron chi connectivity index (χ3n) is 3.47. The minimum Gasteiger partial charge on any atom is -0.444 e. The summed E-state index contributed by atoms with van der Waals surface area (Å²) in [5.41, 5.74) is 0.523. The highest BCUT2D eigenvalue weighted by Gasteiger charge is 2.33. The minimum atomic E-state index is -1.20. The number of aromatic nitrogens is 1. The van der Waals surface area contributed by atoms with Crippen molar-refractivity contribution in [2.24, 2.45) is 0 Å². The number of carbonyl (C=O) groups excluding carboxylic acids is 1. The number of aryl methyl sites for hydroxylation is 1. The summed E-state index contributed by atoms with van der Waals surface area (Å²) in [7, 11) is -1.20. The van der Waals surface area contributed by atoms with Gasteiger partial charge in [0.25, 0.3) is 0 Å². The van der Waals surface area contributed by atoms with E-state index in [-0.39, 0.29) is 12.1 Å². The quantitative estimate of drug-likeness (QED) is 0.858. The molecule has 1 saturated heterocycles. The van der Waals surface area contributed by atoms with E-state index in [1.165, 1.54) is 0 Å². The Hall–Kier alpha value is -1.43. The summed E-state index contributed by atoms with van der Waals surface area (Å²) in [5, 5.41) is 0.580. The van der Waals surface area contributed by atoms with Gasteiger partial charge in [-0.1, -0.05) is 0 Å². The first-order valence-corrected chi connectivity index (χ1v) is 8.89. The first-order valence-electron chi connectivity index (χ1n) is 7.57. The second kappa shape index (κ2) is 6.77. The molecule has 0 radical (unpaired) electrons. The molecule has 0 aromatic carbocycles. The van der Waals surface area contributed by atoms with Crippen LogP contribution in [0.25, 0.3) is 0 Å². The average molecular weight is 324 g/mol. The number of pyridine rings is 1. The van der Waals surface area contributed by atoms with Crippen molar-refractivity contribution in [1.29, 1.82) is 0 Å². The molecule has 1 aromatic heterocycles. The van der Waals surface area contributed by atoms with E-state index in [9.17, 15) is 9.00 Å². The van der Waals surface area contributed by atoms with Gasteiger partial charge in [0, 0.05) is 18.8 Å². The Morgan fingerprint density at radius 2 is 2.23 bits per heavy atom. The summed E-state index contributed by atoms with van der Waals surface area (Å²) >= 11 is 0. The maximum Gasteiger partial charge on any atom is 0.410 e. The average Bonchev–Trinajstić information content (AvgIpc) is 2.85. The zero-order chi connectivity index (χ0) is 16.3. The molecule has 2 atom stereocenters. The van der Waals surface area contributed by atoms with E-state index >= 15 is 0 Å². The molecule has 0 saturated carbocycles. The second-order valence-electron chi connectivity index (χ2n) is 6.65. The Balaban J connectivity index is 2.02. The van der Waals surface area contributed by atoms with E-state index in [4.69, 9.17) is 4.74 Å². The standard InChI is InChI=1S/C16H24N2O3S/c1-12-7-8-17-14(10-12)22(20)11-13-6-5-9-18(13)15(19)21-16(2,3)4/h7-8,10,13H,5-6,9,11H2,1-4H3. The van der Waals surface area contributed by atoms with Crippen LogP contribution in [0.2, 0.25) is 0 Å². The number of likely N-dealkylation sites (tertiary alicyclic amines) is 1. The maximum absolute atomic E-state index is 12.5. The number of nitrogens with zero attached hydrogens (tertiary/aromatic N) is 2. The minimum absolute atomic E-state index is 0.0435. The molecule has 1 amide bonds. The molecule has 2 rings (SSSR count). The fourth-order valence-electron chi connectivity index (χ4n) is 2.46. The highest BCUT2D eigenvalue weighted by Crippen LogP contribution is 2.22. The van der Waals surface area contributed by atoms with Gasteiger partial charge in [0.05, 0.1) is 16.6 Å². The van der Waals surface area contributed by atoms with E-state index in [0.717, 1.165) is 18.4 Å². The molecule has 1 aliphatic rings. The molecule has 0 N–H and O–H groups in total. The van der Waals surface area contributed by atoms with E-state index in [1.54, 1.807) is 11.1 Å². The van der Waals surface area contributed by atoms with E-state index in [2.05, 4.69) is 4.98 Å². The van der Waals surface area contributed by atoms with Crippen molar-refractivity contribution >= 4 is 16.9 Å². The normalized spacial score (nSPS) is 20.0. The fourth-order valence-corrected chi connectivity index (χ4v) is 3.83. The zero-order valence-corrected chi connectivity index (χ0v) is 14.5. The number of rotatable bonds is 3.